The molecule has 3 amide bonds. The first-order valence-corrected chi connectivity index (χ1v) is 11.7. The number of likely N-dealkylation sites (tertiary alicyclic amines) is 1. The van der Waals surface area contributed by atoms with Crippen LogP contribution in [0, 0.1) is 0 Å². The second-order valence-corrected chi connectivity index (χ2v) is 9.40. The van der Waals surface area contributed by atoms with Gasteiger partial charge in [0, 0.05) is 31.3 Å². The van der Waals surface area contributed by atoms with Crippen molar-refractivity contribution in [2.24, 2.45) is 0 Å². The molecule has 10 heteroatoms. The van der Waals surface area contributed by atoms with E-state index in [4.69, 9.17) is 0 Å². The average Bonchev–Trinajstić information content (AvgIpc) is 3.15. The van der Waals surface area contributed by atoms with Crippen LogP contribution in [0.25, 0.3) is 0 Å². The summed E-state index contributed by atoms with van der Waals surface area (Å²) in [4.78, 5) is 44.3. The van der Waals surface area contributed by atoms with Gasteiger partial charge in [0.1, 0.15) is 6.04 Å². The van der Waals surface area contributed by atoms with E-state index in [1.54, 1.807) is 4.90 Å². The van der Waals surface area contributed by atoms with E-state index in [1.165, 1.54) is 6.07 Å². The molecule has 1 N–H and O–H groups in total. The zero-order valence-corrected chi connectivity index (χ0v) is 19.0. The summed E-state index contributed by atoms with van der Waals surface area (Å²) < 4.78 is 38.2. The predicted octanol–water partition coefficient (Wildman–Crippen LogP) is 3.24. The first-order valence-electron chi connectivity index (χ1n) is 11.7. The topological polar surface area (TPSA) is 82.6 Å². The average molecular weight is 486 g/mol. The lowest BCUT2D eigenvalue weighted by Crippen LogP contribution is -2.52. The van der Waals surface area contributed by atoms with Crippen molar-refractivity contribution in [3.05, 3.63) is 64.5 Å². The van der Waals surface area contributed by atoms with E-state index in [9.17, 15) is 27.6 Å². The molecule has 0 saturated carbocycles. The van der Waals surface area contributed by atoms with Gasteiger partial charge in [-0.05, 0) is 67.6 Å². The molecule has 5 rings (SSSR count). The number of pyridine rings is 1. The summed E-state index contributed by atoms with van der Waals surface area (Å²) in [5.74, 6) is -0.590. The maximum atomic E-state index is 12.9. The molecule has 3 aliphatic heterocycles. The molecule has 7 nitrogen and oxygen atoms in total. The Hall–Kier alpha value is -3.27. The van der Waals surface area contributed by atoms with Gasteiger partial charge in [0.25, 0.3) is 5.91 Å². The Balaban J connectivity index is 1.19. The van der Waals surface area contributed by atoms with Crippen LogP contribution in [0.4, 0.5) is 13.2 Å². The minimum Gasteiger partial charge on any atom is -0.322 e. The SMILES string of the molecule is O=C1CCC(N2Cc3cc(C4CCN(Cc5ccc(C(F)(F)F)cn5)CC4)ccc3C2=O)C(=O)N1. The minimum absolute atomic E-state index is 0.181. The lowest BCUT2D eigenvalue weighted by Gasteiger charge is -2.32. The number of hydrogen-bond donors (Lipinski definition) is 1. The number of halogens is 3. The molecular weight excluding hydrogens is 461 g/mol. The molecule has 0 bridgehead atoms. The van der Waals surface area contributed by atoms with Crippen LogP contribution in [-0.4, -0.2) is 51.6 Å². The summed E-state index contributed by atoms with van der Waals surface area (Å²) in [6, 6.07) is 7.73. The molecule has 2 aromatic rings. The molecule has 1 aromatic carbocycles. The van der Waals surface area contributed by atoms with Crippen LogP contribution in [-0.2, 0) is 28.9 Å². The normalized spacial score (nSPS) is 21.9. The Labute approximate surface area is 200 Å². The summed E-state index contributed by atoms with van der Waals surface area (Å²) in [5, 5.41) is 2.32. The molecule has 0 radical (unpaired) electrons. The molecule has 3 aliphatic rings. The third kappa shape index (κ3) is 4.80. The van der Waals surface area contributed by atoms with Crippen molar-refractivity contribution in [1.29, 1.82) is 0 Å². The fourth-order valence-corrected chi connectivity index (χ4v) is 5.19. The number of piperidine rings is 2. The highest BCUT2D eigenvalue weighted by molar-refractivity contribution is 6.05. The fourth-order valence-electron chi connectivity index (χ4n) is 5.19. The summed E-state index contributed by atoms with van der Waals surface area (Å²) in [6.45, 7) is 2.45. The number of nitrogens with one attached hydrogen (secondary N) is 1. The highest BCUT2D eigenvalue weighted by Gasteiger charge is 2.39. The Morgan fingerprint density at radius 3 is 2.46 bits per heavy atom. The molecule has 4 heterocycles. The van der Waals surface area contributed by atoms with Gasteiger partial charge in [0.2, 0.25) is 11.8 Å². The highest BCUT2D eigenvalue weighted by Crippen LogP contribution is 2.34. The molecule has 1 atom stereocenters. The van der Waals surface area contributed by atoms with Crippen LogP contribution in [0.3, 0.4) is 0 Å². The number of imide groups is 1. The van der Waals surface area contributed by atoms with Crippen molar-refractivity contribution >= 4 is 17.7 Å². The smallest absolute Gasteiger partial charge is 0.322 e. The van der Waals surface area contributed by atoms with Gasteiger partial charge in [0.15, 0.2) is 0 Å². The number of rotatable bonds is 4. The van der Waals surface area contributed by atoms with Crippen molar-refractivity contribution < 1.29 is 27.6 Å². The largest absolute Gasteiger partial charge is 0.417 e. The van der Waals surface area contributed by atoms with E-state index in [1.807, 2.05) is 12.1 Å². The first kappa shape index (κ1) is 23.5. The standard InChI is InChI=1S/C25H25F3N4O3/c26-25(27,28)18-2-3-19(29-12-18)14-31-9-7-15(8-10-31)16-1-4-20-17(11-16)13-32(24(20)35)21-5-6-22(33)30-23(21)34/h1-4,11-12,15,21H,5-10,13-14H2,(H,30,33,34). The maximum absolute atomic E-state index is 12.9. The van der Waals surface area contributed by atoms with Gasteiger partial charge in [-0.2, -0.15) is 13.2 Å². The molecule has 184 valence electrons. The third-order valence-corrected chi connectivity index (χ3v) is 7.14. The van der Waals surface area contributed by atoms with E-state index >= 15 is 0 Å². The zero-order valence-electron chi connectivity index (χ0n) is 19.0. The molecule has 1 unspecified atom stereocenters. The van der Waals surface area contributed by atoms with Crippen LogP contribution in [0.15, 0.2) is 36.5 Å². The second kappa shape index (κ2) is 9.07. The van der Waals surface area contributed by atoms with Crippen LogP contribution in [0.2, 0.25) is 0 Å². The van der Waals surface area contributed by atoms with E-state index < -0.39 is 23.7 Å². The third-order valence-electron chi connectivity index (χ3n) is 7.14. The summed E-state index contributed by atoms with van der Waals surface area (Å²) >= 11 is 0. The van der Waals surface area contributed by atoms with Crippen molar-refractivity contribution in [3.63, 3.8) is 0 Å². The number of alkyl halides is 3. The molecule has 0 aliphatic carbocycles. The van der Waals surface area contributed by atoms with E-state index in [0.717, 1.165) is 49.3 Å². The number of aromatic nitrogens is 1. The summed E-state index contributed by atoms with van der Waals surface area (Å²) in [7, 11) is 0. The molecule has 0 spiro atoms. The zero-order chi connectivity index (χ0) is 24.7. The number of fused-ring (bicyclic) bond motifs is 1. The van der Waals surface area contributed by atoms with Gasteiger partial charge in [0.05, 0.1) is 11.3 Å². The predicted molar refractivity (Wildman–Crippen MR) is 119 cm³/mol. The Morgan fingerprint density at radius 1 is 1.03 bits per heavy atom. The van der Waals surface area contributed by atoms with Crippen LogP contribution in [0.1, 0.15) is 64.3 Å². The summed E-state index contributed by atoms with van der Waals surface area (Å²) in [6.07, 6.45) is -1.16. The number of hydrogen-bond acceptors (Lipinski definition) is 5. The van der Waals surface area contributed by atoms with Gasteiger partial charge in [-0.1, -0.05) is 12.1 Å². The number of carbonyl (C=O) groups excluding carboxylic acids is 3. The molecule has 2 fully saturated rings. The van der Waals surface area contributed by atoms with E-state index in [0.29, 0.717) is 36.7 Å². The number of nitrogens with zero attached hydrogens (tertiary/aromatic N) is 3. The molecule has 2 saturated heterocycles. The molecule has 35 heavy (non-hydrogen) atoms. The lowest BCUT2D eigenvalue weighted by atomic mass is 9.88. The number of carbonyl (C=O) groups is 3. The minimum atomic E-state index is -4.39. The van der Waals surface area contributed by atoms with E-state index in [-0.39, 0.29) is 18.2 Å². The van der Waals surface area contributed by atoms with Crippen LogP contribution >= 0.6 is 0 Å². The van der Waals surface area contributed by atoms with Crippen LogP contribution < -0.4 is 5.32 Å². The Kier molecular flexibility index (Phi) is 6.08. The number of benzene rings is 1. The second-order valence-electron chi connectivity index (χ2n) is 9.40. The monoisotopic (exact) mass is 486 g/mol. The molecular formula is C25H25F3N4O3. The quantitative estimate of drug-likeness (QED) is 0.671. The Morgan fingerprint density at radius 2 is 1.80 bits per heavy atom. The van der Waals surface area contributed by atoms with Crippen molar-refractivity contribution in [2.45, 2.75) is 56.9 Å². The number of amides is 3. The van der Waals surface area contributed by atoms with Gasteiger partial charge in [-0.25, -0.2) is 0 Å². The van der Waals surface area contributed by atoms with Gasteiger partial charge in [-0.3, -0.25) is 29.6 Å². The Bertz CT molecular complexity index is 1160. The van der Waals surface area contributed by atoms with Gasteiger partial charge < -0.3 is 4.90 Å². The van der Waals surface area contributed by atoms with Gasteiger partial charge in [-0.15, -0.1) is 0 Å². The van der Waals surface area contributed by atoms with Crippen molar-refractivity contribution in [1.82, 2.24) is 20.1 Å². The van der Waals surface area contributed by atoms with Crippen molar-refractivity contribution in [2.75, 3.05) is 13.1 Å². The first-order chi connectivity index (χ1) is 16.7. The van der Waals surface area contributed by atoms with E-state index in [2.05, 4.69) is 21.3 Å². The fraction of sp³-hybridized carbons (Fsp3) is 0.440. The summed E-state index contributed by atoms with van der Waals surface area (Å²) in [5.41, 5.74) is 2.51. The molecule has 1 aromatic heterocycles. The van der Waals surface area contributed by atoms with Crippen LogP contribution in [0.5, 0.6) is 0 Å². The van der Waals surface area contributed by atoms with Crippen molar-refractivity contribution in [3.8, 4) is 0 Å². The maximum Gasteiger partial charge on any atom is 0.417 e. The highest BCUT2D eigenvalue weighted by atomic mass is 19.4. The lowest BCUT2D eigenvalue weighted by molar-refractivity contribution is -0.138. The van der Waals surface area contributed by atoms with Gasteiger partial charge >= 0.3 is 6.18 Å².